The van der Waals surface area contributed by atoms with E-state index in [-0.39, 0.29) is 0 Å². The number of nitrogens with one attached hydrogen (secondary N) is 1. The fourth-order valence-corrected chi connectivity index (χ4v) is 1.65. The molecule has 1 N–H and O–H groups in total. The molecular weight excluding hydrogens is 275 g/mol. The molecule has 0 aliphatic carbocycles. The highest BCUT2D eigenvalue weighted by Gasteiger charge is 2.31. The molecule has 0 aliphatic heterocycles. The van der Waals surface area contributed by atoms with Crippen LogP contribution in [0.2, 0.25) is 0 Å². The summed E-state index contributed by atoms with van der Waals surface area (Å²) in [4.78, 5) is 11.6. The van der Waals surface area contributed by atoms with Crippen LogP contribution in [0, 0.1) is 0 Å². The summed E-state index contributed by atoms with van der Waals surface area (Å²) in [5, 5.41) is 2.15. The lowest BCUT2D eigenvalue weighted by Gasteiger charge is -2.18. The molecular formula is C13H16F3NO3. The van der Waals surface area contributed by atoms with Crippen molar-refractivity contribution >= 4 is 5.97 Å². The van der Waals surface area contributed by atoms with Crippen LogP contribution in [0.5, 0.6) is 0 Å². The minimum Gasteiger partial charge on any atom is -0.468 e. The largest absolute Gasteiger partial charge is 0.468 e. The maximum atomic E-state index is 12.2. The minimum atomic E-state index is -4.40. The van der Waals surface area contributed by atoms with Crippen molar-refractivity contribution in [3.8, 4) is 0 Å². The van der Waals surface area contributed by atoms with E-state index in [4.69, 9.17) is 4.74 Å². The number of methoxy groups -OCH3 is 2. The van der Waals surface area contributed by atoms with Gasteiger partial charge in [-0.25, -0.2) is 4.79 Å². The number of rotatable bonds is 6. The van der Waals surface area contributed by atoms with Crippen LogP contribution in [0.1, 0.15) is 17.2 Å². The van der Waals surface area contributed by atoms with Crippen molar-refractivity contribution in [3.63, 3.8) is 0 Å². The number of halogens is 3. The summed E-state index contributed by atoms with van der Waals surface area (Å²) >= 11 is 0. The van der Waals surface area contributed by atoms with E-state index in [1.165, 1.54) is 7.11 Å². The molecule has 20 heavy (non-hydrogen) atoms. The molecule has 0 amide bonds. The van der Waals surface area contributed by atoms with Gasteiger partial charge in [0.05, 0.1) is 20.3 Å². The van der Waals surface area contributed by atoms with Gasteiger partial charge >= 0.3 is 12.1 Å². The third-order valence-electron chi connectivity index (χ3n) is 2.57. The van der Waals surface area contributed by atoms with Gasteiger partial charge in [0.2, 0.25) is 0 Å². The minimum absolute atomic E-state index is 0.388. The van der Waals surface area contributed by atoms with Crippen LogP contribution in [0.15, 0.2) is 24.3 Å². The van der Waals surface area contributed by atoms with E-state index < -0.39 is 24.7 Å². The molecule has 0 heterocycles. The first-order valence-corrected chi connectivity index (χ1v) is 5.83. The highest BCUT2D eigenvalue weighted by Crippen LogP contribution is 2.19. The average Bonchev–Trinajstić information content (AvgIpc) is 2.39. The first kappa shape index (κ1) is 16.5. The van der Waals surface area contributed by atoms with Crippen LogP contribution in [0.25, 0.3) is 0 Å². The highest BCUT2D eigenvalue weighted by atomic mass is 19.4. The molecule has 1 atom stereocenters. The Labute approximate surface area is 114 Å². The van der Waals surface area contributed by atoms with E-state index in [1.54, 1.807) is 24.3 Å². The fraction of sp³-hybridized carbons (Fsp3) is 0.462. The molecule has 0 radical (unpaired) electrons. The molecule has 0 saturated heterocycles. The van der Waals surface area contributed by atoms with E-state index in [9.17, 15) is 18.0 Å². The lowest BCUT2D eigenvalue weighted by Crippen LogP contribution is -2.36. The zero-order valence-corrected chi connectivity index (χ0v) is 11.2. The number of benzene rings is 1. The maximum absolute atomic E-state index is 12.2. The molecule has 1 rings (SSSR count). The second kappa shape index (κ2) is 7.25. The van der Waals surface area contributed by atoms with Crippen molar-refractivity contribution in [1.29, 1.82) is 0 Å². The highest BCUT2D eigenvalue weighted by molar-refractivity contribution is 5.77. The number of ether oxygens (including phenoxy) is 2. The van der Waals surface area contributed by atoms with Crippen LogP contribution < -0.4 is 5.32 Å². The summed E-state index contributed by atoms with van der Waals surface area (Å²) in [7, 11) is 2.67. The summed E-state index contributed by atoms with van der Waals surface area (Å²) in [5.74, 6) is -0.770. The maximum Gasteiger partial charge on any atom is 0.401 e. The predicted molar refractivity (Wildman–Crippen MR) is 66.0 cm³/mol. The molecule has 0 saturated carbocycles. The van der Waals surface area contributed by atoms with Crippen LogP contribution in [0.3, 0.4) is 0 Å². The number of esters is 1. The summed E-state index contributed by atoms with van der Waals surface area (Å²) in [6, 6.07) is 5.35. The normalized spacial score (nSPS) is 13.1. The molecule has 0 spiro atoms. The average molecular weight is 291 g/mol. The van der Waals surface area contributed by atoms with Gasteiger partial charge in [0.15, 0.2) is 0 Å². The lowest BCUT2D eigenvalue weighted by molar-refractivity contribution is -0.146. The second-order valence-corrected chi connectivity index (χ2v) is 4.13. The zero-order valence-electron chi connectivity index (χ0n) is 11.2. The molecule has 1 aromatic rings. The Hall–Kier alpha value is -1.60. The van der Waals surface area contributed by atoms with E-state index in [0.29, 0.717) is 12.2 Å². The van der Waals surface area contributed by atoms with Gasteiger partial charge in [-0.2, -0.15) is 13.2 Å². The summed E-state index contributed by atoms with van der Waals surface area (Å²) in [6.45, 7) is -0.883. The summed E-state index contributed by atoms with van der Waals surface area (Å²) in [6.07, 6.45) is -4.40. The van der Waals surface area contributed by atoms with Crippen LogP contribution in [0.4, 0.5) is 13.2 Å². The standard InChI is InChI=1S/C13H16F3NO3/c1-19-7-9-3-5-10(6-4-9)11(12(18)20-2)17-8-13(14,15)16/h3-6,11,17H,7-8H2,1-2H3. The second-order valence-electron chi connectivity index (χ2n) is 4.13. The van der Waals surface area contributed by atoms with Crippen molar-refractivity contribution in [1.82, 2.24) is 5.32 Å². The van der Waals surface area contributed by atoms with Gasteiger partial charge in [-0.3, -0.25) is 5.32 Å². The smallest absolute Gasteiger partial charge is 0.401 e. The molecule has 1 unspecified atom stereocenters. The number of carbonyl (C=O) groups excluding carboxylic acids is 1. The molecule has 0 fully saturated rings. The van der Waals surface area contributed by atoms with E-state index in [1.807, 2.05) is 0 Å². The van der Waals surface area contributed by atoms with Gasteiger partial charge in [-0.05, 0) is 11.1 Å². The molecule has 0 aliphatic rings. The molecule has 0 bridgehead atoms. The Morgan fingerprint density at radius 1 is 1.25 bits per heavy atom. The topological polar surface area (TPSA) is 47.6 Å². The molecule has 7 heteroatoms. The predicted octanol–water partition coefficient (Wildman–Crippen LogP) is 2.20. The SMILES string of the molecule is COCc1ccc(C(NCC(F)(F)F)C(=O)OC)cc1. The Kier molecular flexibility index (Phi) is 5.97. The number of alkyl halides is 3. The zero-order chi connectivity index (χ0) is 15.2. The Balaban J connectivity index is 2.84. The number of carbonyl (C=O) groups is 1. The Bertz CT molecular complexity index is 431. The van der Waals surface area contributed by atoms with Crippen molar-refractivity contribution < 1.29 is 27.4 Å². The molecule has 1 aromatic carbocycles. The van der Waals surface area contributed by atoms with Gasteiger partial charge in [0.1, 0.15) is 6.04 Å². The quantitative estimate of drug-likeness (QED) is 0.816. The van der Waals surface area contributed by atoms with Gasteiger partial charge in [-0.1, -0.05) is 24.3 Å². The van der Waals surface area contributed by atoms with E-state index in [0.717, 1.165) is 12.7 Å². The van der Waals surface area contributed by atoms with E-state index >= 15 is 0 Å². The molecule has 112 valence electrons. The van der Waals surface area contributed by atoms with Crippen molar-refractivity contribution in [2.45, 2.75) is 18.8 Å². The Morgan fingerprint density at radius 2 is 1.85 bits per heavy atom. The van der Waals surface area contributed by atoms with Crippen LogP contribution in [-0.2, 0) is 20.9 Å². The van der Waals surface area contributed by atoms with Gasteiger partial charge in [0, 0.05) is 7.11 Å². The van der Waals surface area contributed by atoms with Crippen molar-refractivity contribution in [2.24, 2.45) is 0 Å². The van der Waals surface area contributed by atoms with E-state index in [2.05, 4.69) is 10.1 Å². The summed E-state index contributed by atoms with van der Waals surface area (Å²) < 4.78 is 46.1. The monoisotopic (exact) mass is 291 g/mol. The fourth-order valence-electron chi connectivity index (χ4n) is 1.65. The lowest BCUT2D eigenvalue weighted by atomic mass is 10.0. The number of hydrogen-bond donors (Lipinski definition) is 1. The third-order valence-corrected chi connectivity index (χ3v) is 2.57. The summed E-state index contributed by atoms with van der Waals surface area (Å²) in [5.41, 5.74) is 1.26. The number of hydrogen-bond acceptors (Lipinski definition) is 4. The first-order chi connectivity index (χ1) is 9.37. The molecule has 4 nitrogen and oxygen atoms in total. The van der Waals surface area contributed by atoms with Crippen molar-refractivity contribution in [3.05, 3.63) is 35.4 Å². The van der Waals surface area contributed by atoms with Crippen molar-refractivity contribution in [2.75, 3.05) is 20.8 Å². The molecule has 0 aromatic heterocycles. The Morgan fingerprint density at radius 3 is 2.30 bits per heavy atom. The van der Waals surface area contributed by atoms with Gasteiger partial charge in [0.25, 0.3) is 0 Å². The van der Waals surface area contributed by atoms with Gasteiger partial charge < -0.3 is 9.47 Å². The van der Waals surface area contributed by atoms with Crippen LogP contribution >= 0.6 is 0 Å². The van der Waals surface area contributed by atoms with Crippen LogP contribution in [-0.4, -0.2) is 32.9 Å². The van der Waals surface area contributed by atoms with Gasteiger partial charge in [-0.15, -0.1) is 0 Å². The third kappa shape index (κ3) is 5.18. The first-order valence-electron chi connectivity index (χ1n) is 5.83.